The Kier molecular flexibility index (Phi) is 5.42. The molecule has 0 aliphatic heterocycles. The summed E-state index contributed by atoms with van der Waals surface area (Å²) in [7, 11) is 1.16. The first kappa shape index (κ1) is 16.3. The topological polar surface area (TPSA) is 76.1 Å². The number of carbonyl (C=O) groups excluding carboxylic acids is 1. The van der Waals surface area contributed by atoms with Gasteiger partial charge in [0.2, 0.25) is 0 Å². The molecule has 4 nitrogen and oxygen atoms in total. The predicted molar refractivity (Wildman–Crippen MR) is 66.7 cm³/mol. The van der Waals surface area contributed by atoms with Gasteiger partial charge in [-0.05, 0) is 35.0 Å². The van der Waals surface area contributed by atoms with Gasteiger partial charge in [-0.2, -0.15) is 18.4 Å². The largest absolute Gasteiger partial charge is 0.469 e. The van der Waals surface area contributed by atoms with Gasteiger partial charge in [-0.3, -0.25) is 4.79 Å². The lowest BCUT2D eigenvalue weighted by atomic mass is 9.98. The van der Waals surface area contributed by atoms with Crippen molar-refractivity contribution in [1.29, 1.82) is 5.26 Å². The molecule has 0 fully saturated rings. The third-order valence-corrected chi connectivity index (χ3v) is 3.32. The van der Waals surface area contributed by atoms with E-state index in [1.165, 1.54) is 12.1 Å². The molecule has 0 bridgehead atoms. The van der Waals surface area contributed by atoms with Crippen molar-refractivity contribution in [3.63, 3.8) is 0 Å². The summed E-state index contributed by atoms with van der Waals surface area (Å²) in [6, 6.07) is 4.26. The van der Waals surface area contributed by atoms with Crippen molar-refractivity contribution in [2.24, 2.45) is 5.73 Å². The van der Waals surface area contributed by atoms with Gasteiger partial charge in [-0.25, -0.2) is 0 Å². The lowest BCUT2D eigenvalue weighted by molar-refractivity contribution is -0.139. The molecule has 8 heteroatoms. The number of methoxy groups -OCH3 is 1. The molecule has 0 amide bonds. The molecule has 0 aliphatic carbocycles. The van der Waals surface area contributed by atoms with Crippen LogP contribution < -0.4 is 5.73 Å². The van der Waals surface area contributed by atoms with Crippen LogP contribution in [0.4, 0.5) is 13.2 Å². The molecule has 0 unspecified atom stereocenters. The first-order valence-electron chi connectivity index (χ1n) is 5.39. The Bertz CT molecular complexity index is 553. The van der Waals surface area contributed by atoms with E-state index in [-0.39, 0.29) is 46.3 Å². The number of carbonyl (C=O) groups is 1. The quantitative estimate of drug-likeness (QED) is 0.682. The van der Waals surface area contributed by atoms with E-state index < -0.39 is 11.5 Å². The van der Waals surface area contributed by atoms with Gasteiger partial charge in [-0.15, -0.1) is 0 Å². The fraction of sp³-hybridized carbons (Fsp3) is 0.333. The molecule has 0 heterocycles. The second-order valence-corrected chi connectivity index (χ2v) is 4.79. The zero-order valence-electron chi connectivity index (χ0n) is 10.5. The molecule has 20 heavy (non-hydrogen) atoms. The third-order valence-electron chi connectivity index (χ3n) is 2.49. The summed E-state index contributed by atoms with van der Waals surface area (Å²) in [5.41, 5.74) is 1.42. The summed E-state index contributed by atoms with van der Waals surface area (Å²) in [6.45, 7) is -0.208. The van der Waals surface area contributed by atoms with Crippen LogP contribution in [0.3, 0.4) is 0 Å². The Morgan fingerprint density at radius 2 is 2.10 bits per heavy atom. The number of benzene rings is 1. The zero-order chi connectivity index (χ0) is 15.3. The van der Waals surface area contributed by atoms with Crippen molar-refractivity contribution in [2.75, 3.05) is 7.11 Å². The van der Waals surface area contributed by atoms with Gasteiger partial charge in [0.25, 0.3) is 0 Å². The number of hydrogen-bond donors (Lipinski definition) is 1. The van der Waals surface area contributed by atoms with Crippen molar-refractivity contribution in [2.45, 2.75) is 23.4 Å². The van der Waals surface area contributed by atoms with E-state index in [1.54, 1.807) is 0 Å². The number of alkyl halides is 3. The second-order valence-electron chi connectivity index (χ2n) is 3.69. The van der Waals surface area contributed by atoms with E-state index in [4.69, 9.17) is 11.0 Å². The van der Waals surface area contributed by atoms with E-state index in [2.05, 4.69) is 4.74 Å². The summed E-state index contributed by atoms with van der Waals surface area (Å²) in [5, 5.41) is 8.98. The molecule has 1 rings (SSSR count). The number of ether oxygens (including phenoxy) is 1. The fourth-order valence-corrected chi connectivity index (χ4v) is 2.35. The first-order valence-corrected chi connectivity index (χ1v) is 6.21. The second kappa shape index (κ2) is 6.63. The molecule has 0 saturated carbocycles. The first-order chi connectivity index (χ1) is 9.32. The van der Waals surface area contributed by atoms with Crippen molar-refractivity contribution in [1.82, 2.24) is 0 Å². The number of hydrogen-bond acceptors (Lipinski definition) is 5. The minimum atomic E-state index is -4.47. The van der Waals surface area contributed by atoms with E-state index in [9.17, 15) is 18.0 Å². The van der Waals surface area contributed by atoms with Gasteiger partial charge in [0.05, 0.1) is 25.2 Å². The van der Waals surface area contributed by atoms with Crippen LogP contribution in [0.15, 0.2) is 17.0 Å². The number of rotatable bonds is 4. The Morgan fingerprint density at radius 1 is 1.45 bits per heavy atom. The SMILES string of the molecule is COC(=O)Cc1c(C#N)ccc(SC(F)(F)F)c1CN. The number of esters is 1. The van der Waals surface area contributed by atoms with Gasteiger partial charge in [0.15, 0.2) is 0 Å². The zero-order valence-corrected chi connectivity index (χ0v) is 11.3. The monoisotopic (exact) mass is 304 g/mol. The van der Waals surface area contributed by atoms with Gasteiger partial charge in [0.1, 0.15) is 0 Å². The van der Waals surface area contributed by atoms with Crippen molar-refractivity contribution < 1.29 is 22.7 Å². The molecular formula is C12H11F3N2O2S. The summed E-state index contributed by atoms with van der Waals surface area (Å²) in [6.07, 6.45) is -0.293. The number of nitrogens with two attached hydrogens (primary N) is 1. The molecule has 1 aromatic carbocycles. The number of nitrogens with zero attached hydrogens (tertiary/aromatic N) is 1. The molecular weight excluding hydrogens is 293 g/mol. The van der Waals surface area contributed by atoms with Crippen molar-refractivity contribution >= 4 is 17.7 Å². The molecule has 0 atom stereocenters. The highest BCUT2D eigenvalue weighted by Crippen LogP contribution is 2.40. The third kappa shape index (κ3) is 4.15. The van der Waals surface area contributed by atoms with E-state index in [0.29, 0.717) is 0 Å². The average Bonchev–Trinajstić information content (AvgIpc) is 2.37. The lowest BCUT2D eigenvalue weighted by Gasteiger charge is -2.15. The average molecular weight is 304 g/mol. The molecule has 108 valence electrons. The summed E-state index contributed by atoms with van der Waals surface area (Å²) < 4.78 is 41.9. The Hall–Kier alpha value is -1.72. The number of nitriles is 1. The van der Waals surface area contributed by atoms with Crippen LogP contribution in [-0.4, -0.2) is 18.6 Å². The highest BCUT2D eigenvalue weighted by Gasteiger charge is 2.31. The molecule has 0 saturated heterocycles. The van der Waals surface area contributed by atoms with Crippen molar-refractivity contribution in [3.8, 4) is 6.07 Å². The van der Waals surface area contributed by atoms with Crippen LogP contribution in [-0.2, 0) is 22.5 Å². The van der Waals surface area contributed by atoms with Crippen LogP contribution >= 0.6 is 11.8 Å². The van der Waals surface area contributed by atoms with Crippen molar-refractivity contribution in [3.05, 3.63) is 28.8 Å². The molecule has 2 N–H and O–H groups in total. The Balaban J connectivity index is 3.33. The van der Waals surface area contributed by atoms with Gasteiger partial charge in [-0.1, -0.05) is 0 Å². The van der Waals surface area contributed by atoms with Crippen LogP contribution in [0.2, 0.25) is 0 Å². The minimum absolute atomic E-state index is 0.113. The molecule has 1 aromatic rings. The lowest BCUT2D eigenvalue weighted by Crippen LogP contribution is -2.13. The highest BCUT2D eigenvalue weighted by atomic mass is 32.2. The Labute approximate surface area is 117 Å². The Morgan fingerprint density at radius 3 is 2.55 bits per heavy atom. The van der Waals surface area contributed by atoms with Crippen LogP contribution in [0.25, 0.3) is 0 Å². The predicted octanol–water partition coefficient (Wildman–Crippen LogP) is 2.34. The summed E-state index contributed by atoms with van der Waals surface area (Å²) in [4.78, 5) is 11.2. The minimum Gasteiger partial charge on any atom is -0.469 e. The smallest absolute Gasteiger partial charge is 0.446 e. The molecule has 0 radical (unpaired) electrons. The summed E-state index contributed by atoms with van der Waals surface area (Å²) >= 11 is -0.322. The maximum Gasteiger partial charge on any atom is 0.446 e. The highest BCUT2D eigenvalue weighted by molar-refractivity contribution is 8.00. The number of thioether (sulfide) groups is 1. The standard InChI is InChI=1S/C12H11F3N2O2S/c1-19-11(18)4-8-7(5-16)2-3-10(9(8)6-17)20-12(13,14)15/h2-3H,4,6,17H2,1H3. The molecule has 0 aliphatic rings. The fourth-order valence-electron chi connectivity index (χ4n) is 1.64. The van der Waals surface area contributed by atoms with Gasteiger partial charge >= 0.3 is 11.5 Å². The molecule has 0 aromatic heterocycles. The van der Waals surface area contributed by atoms with Gasteiger partial charge in [0, 0.05) is 11.4 Å². The van der Waals surface area contributed by atoms with E-state index in [1.807, 2.05) is 6.07 Å². The van der Waals surface area contributed by atoms with Crippen LogP contribution in [0.5, 0.6) is 0 Å². The number of halogens is 3. The summed E-state index contributed by atoms with van der Waals surface area (Å²) in [5.74, 6) is -0.648. The maximum absolute atomic E-state index is 12.5. The maximum atomic E-state index is 12.5. The van der Waals surface area contributed by atoms with E-state index >= 15 is 0 Å². The van der Waals surface area contributed by atoms with Crippen LogP contribution in [0.1, 0.15) is 16.7 Å². The van der Waals surface area contributed by atoms with Crippen LogP contribution in [0, 0.1) is 11.3 Å². The van der Waals surface area contributed by atoms with E-state index in [0.717, 1.165) is 7.11 Å². The van der Waals surface area contributed by atoms with Gasteiger partial charge < -0.3 is 10.5 Å². The normalized spacial score (nSPS) is 11.0. The molecule has 0 spiro atoms.